The molecule has 38 heavy (non-hydrogen) atoms. The van der Waals surface area contributed by atoms with Crippen molar-refractivity contribution in [2.45, 2.75) is 88.8 Å². The monoisotopic (exact) mass is 556 g/mol. The maximum absolute atomic E-state index is 6.47. The highest BCUT2D eigenvalue weighted by Gasteiger charge is 2.30. The van der Waals surface area contributed by atoms with Gasteiger partial charge in [-0.3, -0.25) is 0 Å². The molecular weight excluding hydrogens is 519 g/mol. The van der Waals surface area contributed by atoms with Crippen LogP contribution in [0.2, 0.25) is 10.0 Å². The number of nitrogens with zero attached hydrogens (tertiary/aromatic N) is 6. The normalized spacial score (nSPS) is 23.9. The van der Waals surface area contributed by atoms with Crippen molar-refractivity contribution >= 4 is 40.3 Å². The van der Waals surface area contributed by atoms with Crippen molar-refractivity contribution in [3.8, 4) is 0 Å². The Kier molecular flexibility index (Phi) is 8.05. The van der Waals surface area contributed by atoms with Gasteiger partial charge in [-0.15, -0.1) is 0 Å². The Hall–Kier alpha value is -1.97. The van der Waals surface area contributed by atoms with E-state index in [0.717, 1.165) is 84.8 Å². The molecule has 0 atom stereocenters. The molecule has 3 aliphatic rings. The molecule has 1 saturated heterocycles. The van der Waals surface area contributed by atoms with Gasteiger partial charge in [0.15, 0.2) is 5.65 Å². The quantitative estimate of drug-likeness (QED) is 0.361. The van der Waals surface area contributed by atoms with E-state index in [2.05, 4.69) is 25.1 Å². The van der Waals surface area contributed by atoms with Crippen LogP contribution in [0.1, 0.15) is 75.8 Å². The minimum Gasteiger partial charge on any atom is -0.328 e. The summed E-state index contributed by atoms with van der Waals surface area (Å²) < 4.78 is 2.27. The van der Waals surface area contributed by atoms with Crippen LogP contribution in [0.4, 0.5) is 5.95 Å². The summed E-state index contributed by atoms with van der Waals surface area (Å²) in [5.74, 6) is 1.26. The Bertz CT molecular complexity index is 1230. The Labute approximate surface area is 234 Å². The first-order valence-corrected chi connectivity index (χ1v) is 15.0. The van der Waals surface area contributed by atoms with Crippen molar-refractivity contribution < 1.29 is 0 Å². The highest BCUT2D eigenvalue weighted by atomic mass is 35.5. The van der Waals surface area contributed by atoms with Gasteiger partial charge in [-0.05, 0) is 87.5 Å². The van der Waals surface area contributed by atoms with Crippen molar-refractivity contribution in [1.82, 2.24) is 30.0 Å². The summed E-state index contributed by atoms with van der Waals surface area (Å²) in [7, 11) is 0. The van der Waals surface area contributed by atoms with Crippen LogP contribution in [0, 0.1) is 5.92 Å². The molecule has 2 aromatic heterocycles. The number of halogens is 2. The van der Waals surface area contributed by atoms with Gasteiger partial charge in [-0.25, -0.2) is 25.5 Å². The molecule has 3 N–H and O–H groups in total. The maximum Gasteiger partial charge on any atom is 0.257 e. The van der Waals surface area contributed by atoms with Crippen molar-refractivity contribution in [2.24, 2.45) is 11.7 Å². The molecule has 0 radical (unpaired) electrons. The molecular formula is C28H38Cl2N8. The predicted octanol–water partition coefficient (Wildman–Crippen LogP) is 5.70. The number of rotatable bonds is 7. The van der Waals surface area contributed by atoms with Crippen LogP contribution in [-0.2, 0) is 6.42 Å². The second-order valence-corrected chi connectivity index (χ2v) is 12.2. The molecule has 10 heteroatoms. The van der Waals surface area contributed by atoms with Crippen molar-refractivity contribution in [3.63, 3.8) is 0 Å². The molecule has 0 unspecified atom stereocenters. The van der Waals surface area contributed by atoms with E-state index in [4.69, 9.17) is 38.9 Å². The average molecular weight is 558 g/mol. The lowest BCUT2D eigenvalue weighted by Gasteiger charge is -2.42. The second-order valence-electron chi connectivity index (χ2n) is 11.4. The van der Waals surface area contributed by atoms with Gasteiger partial charge in [-0.2, -0.15) is 4.98 Å². The summed E-state index contributed by atoms with van der Waals surface area (Å²) in [6.45, 7) is 1.84. The largest absolute Gasteiger partial charge is 0.328 e. The summed E-state index contributed by atoms with van der Waals surface area (Å²) in [5.41, 5.74) is 12.9. The topological polar surface area (TPSA) is 88.1 Å². The van der Waals surface area contributed by atoms with E-state index >= 15 is 0 Å². The second kappa shape index (κ2) is 11.6. The zero-order valence-electron chi connectivity index (χ0n) is 21.9. The number of hydrogen-bond donors (Lipinski definition) is 2. The highest BCUT2D eigenvalue weighted by molar-refractivity contribution is 6.33. The van der Waals surface area contributed by atoms with Crippen molar-refractivity contribution in [1.29, 1.82) is 0 Å². The minimum absolute atomic E-state index is 0.309. The molecule has 2 aliphatic carbocycles. The molecule has 0 spiro atoms. The van der Waals surface area contributed by atoms with Gasteiger partial charge < -0.3 is 10.3 Å². The van der Waals surface area contributed by atoms with Gasteiger partial charge in [0.1, 0.15) is 5.52 Å². The molecule has 3 aromatic rings. The summed E-state index contributed by atoms with van der Waals surface area (Å²) in [6, 6.07) is 6.92. The third kappa shape index (κ3) is 5.80. The van der Waals surface area contributed by atoms with Gasteiger partial charge in [-0.1, -0.05) is 36.0 Å². The van der Waals surface area contributed by atoms with E-state index in [1.54, 1.807) is 0 Å². The average Bonchev–Trinajstić information content (AvgIpc) is 3.61. The molecule has 1 aliphatic heterocycles. The molecule has 204 valence electrons. The summed E-state index contributed by atoms with van der Waals surface area (Å²) in [6.07, 6.45) is 16.1. The first kappa shape index (κ1) is 26.3. The van der Waals surface area contributed by atoms with E-state index in [-0.39, 0.29) is 0 Å². The Morgan fingerprint density at radius 2 is 1.74 bits per heavy atom. The SMILES string of the molecule is NC1CCC(NN(c2ncc3ncn(C4CCCC4)c3n2)N2CCC(Cc3cc(Cl)ccc3Cl)CC2)CC1. The van der Waals surface area contributed by atoms with Gasteiger partial charge in [0.25, 0.3) is 5.95 Å². The molecule has 0 bridgehead atoms. The van der Waals surface area contributed by atoms with Crippen molar-refractivity contribution in [3.05, 3.63) is 46.3 Å². The number of piperidine rings is 1. The van der Waals surface area contributed by atoms with Crippen molar-refractivity contribution in [2.75, 3.05) is 18.2 Å². The van der Waals surface area contributed by atoms with Gasteiger partial charge in [0.2, 0.25) is 0 Å². The third-order valence-electron chi connectivity index (χ3n) is 8.68. The van der Waals surface area contributed by atoms with E-state index in [9.17, 15) is 0 Å². The van der Waals surface area contributed by atoms with Gasteiger partial charge in [0, 0.05) is 41.3 Å². The number of nitrogens with one attached hydrogen (secondary N) is 1. The predicted molar refractivity (Wildman–Crippen MR) is 153 cm³/mol. The molecule has 1 aromatic carbocycles. The van der Waals surface area contributed by atoms with Crippen LogP contribution in [0.25, 0.3) is 11.2 Å². The van der Waals surface area contributed by atoms with E-state index in [0.29, 0.717) is 30.0 Å². The first-order valence-electron chi connectivity index (χ1n) is 14.2. The third-order valence-corrected chi connectivity index (χ3v) is 9.28. The number of aromatic nitrogens is 4. The Balaban J connectivity index is 1.21. The van der Waals surface area contributed by atoms with Gasteiger partial charge >= 0.3 is 0 Å². The van der Waals surface area contributed by atoms with Gasteiger partial charge in [0.05, 0.1) is 12.5 Å². The maximum atomic E-state index is 6.47. The van der Waals surface area contributed by atoms with Crippen LogP contribution in [-0.4, -0.2) is 49.7 Å². The number of benzene rings is 1. The minimum atomic E-state index is 0.309. The first-order chi connectivity index (χ1) is 18.5. The number of anilines is 1. The van der Waals surface area contributed by atoms with Crippen LogP contribution >= 0.6 is 23.2 Å². The molecule has 3 heterocycles. The zero-order chi connectivity index (χ0) is 26.1. The van der Waals surface area contributed by atoms with E-state index < -0.39 is 0 Å². The van der Waals surface area contributed by atoms with E-state index in [1.165, 1.54) is 25.7 Å². The molecule has 2 saturated carbocycles. The number of hydrazine groups is 2. The summed E-state index contributed by atoms with van der Waals surface area (Å²) in [4.78, 5) is 14.5. The Morgan fingerprint density at radius 3 is 2.50 bits per heavy atom. The summed E-state index contributed by atoms with van der Waals surface area (Å²) in [5, 5.41) is 6.06. The highest BCUT2D eigenvalue weighted by Crippen LogP contribution is 2.33. The molecule has 6 rings (SSSR count). The lowest BCUT2D eigenvalue weighted by Crippen LogP contribution is -2.58. The standard InChI is InChI=1S/C28H38Cl2N8/c29-21-5-10-25(30)20(16-21)15-19-11-13-36(14-12-19)38(35-23-8-6-22(31)7-9-23)28-32-17-26-27(34-28)37(18-33-26)24-3-1-2-4-24/h5,10,16-19,22-24,35H,1-4,6-9,11-15,31H2. The summed E-state index contributed by atoms with van der Waals surface area (Å²) >= 11 is 12.7. The molecule has 8 nitrogen and oxygen atoms in total. The fraction of sp³-hybridized carbons (Fsp3) is 0.607. The number of fused-ring (bicyclic) bond motifs is 1. The lowest BCUT2D eigenvalue weighted by molar-refractivity contribution is 0.132. The van der Waals surface area contributed by atoms with Crippen LogP contribution in [0.5, 0.6) is 0 Å². The number of hydrogen-bond acceptors (Lipinski definition) is 7. The lowest BCUT2D eigenvalue weighted by atomic mass is 9.90. The fourth-order valence-corrected chi connectivity index (χ4v) is 6.78. The van der Waals surface area contributed by atoms with Crippen LogP contribution in [0.3, 0.4) is 0 Å². The van der Waals surface area contributed by atoms with E-state index in [1.807, 2.05) is 30.7 Å². The van der Waals surface area contributed by atoms with Crippen LogP contribution in [0.15, 0.2) is 30.7 Å². The fourth-order valence-electron chi connectivity index (χ4n) is 6.39. The Morgan fingerprint density at radius 1 is 0.974 bits per heavy atom. The molecule has 3 fully saturated rings. The number of nitrogens with two attached hydrogens (primary N) is 1. The smallest absolute Gasteiger partial charge is 0.257 e. The zero-order valence-corrected chi connectivity index (χ0v) is 23.4. The number of imidazole rings is 1. The molecule has 0 amide bonds. The van der Waals surface area contributed by atoms with Crippen LogP contribution < -0.4 is 16.3 Å².